The Morgan fingerprint density at radius 2 is 2.04 bits per heavy atom. The lowest BCUT2D eigenvalue weighted by molar-refractivity contribution is 0.0473. The number of carbonyl (C=O) groups excluding carboxylic acids is 1. The largest absolute Gasteiger partial charge is 0.457 e. The van der Waals surface area contributed by atoms with Crippen LogP contribution in [0.5, 0.6) is 0 Å². The summed E-state index contributed by atoms with van der Waals surface area (Å²) in [4.78, 5) is 16.8. The minimum Gasteiger partial charge on any atom is -0.457 e. The fourth-order valence-corrected chi connectivity index (χ4v) is 3.44. The van der Waals surface area contributed by atoms with Crippen LogP contribution in [0.3, 0.4) is 0 Å². The lowest BCUT2D eigenvalue weighted by atomic mass is 10.2. The Hall–Kier alpha value is -2.78. The van der Waals surface area contributed by atoms with E-state index in [1.165, 1.54) is 30.7 Å². The lowest BCUT2D eigenvalue weighted by Crippen LogP contribution is -2.22. The summed E-state index contributed by atoms with van der Waals surface area (Å²) in [6, 6.07) is 8.01. The molecule has 3 rings (SSSR count). The molecule has 2 heterocycles. The number of aryl methyl sites for hydroxylation is 1. The number of esters is 1. The molecule has 136 valence electrons. The van der Waals surface area contributed by atoms with E-state index in [1.807, 2.05) is 0 Å². The third-order valence-electron chi connectivity index (χ3n) is 3.82. The monoisotopic (exact) mass is 374 g/mol. The third-order valence-corrected chi connectivity index (χ3v) is 5.63. The quantitative estimate of drug-likeness (QED) is 0.630. The van der Waals surface area contributed by atoms with Crippen molar-refractivity contribution >= 4 is 21.6 Å². The van der Waals surface area contributed by atoms with Gasteiger partial charge in [-0.25, -0.2) is 27.0 Å². The van der Waals surface area contributed by atoms with Crippen LogP contribution in [0.4, 0.5) is 0 Å². The average molecular weight is 374 g/mol. The van der Waals surface area contributed by atoms with Gasteiger partial charge < -0.3 is 4.74 Å². The zero-order chi connectivity index (χ0) is 18.9. The minimum absolute atomic E-state index is 0.0563. The maximum absolute atomic E-state index is 12.5. The second kappa shape index (κ2) is 6.85. The SMILES string of the molecule is Cc1nn2cccnc2c1C(=O)OCc1cccc(S(=O)(=O)N(C)C)c1. The molecule has 9 heteroatoms. The number of aromatic nitrogens is 3. The Bertz CT molecular complexity index is 1070. The molecule has 0 spiro atoms. The Morgan fingerprint density at radius 1 is 1.27 bits per heavy atom. The van der Waals surface area contributed by atoms with E-state index in [0.29, 0.717) is 22.5 Å². The van der Waals surface area contributed by atoms with Crippen LogP contribution < -0.4 is 0 Å². The van der Waals surface area contributed by atoms with Crippen LogP contribution in [0.1, 0.15) is 21.6 Å². The average Bonchev–Trinajstić information content (AvgIpc) is 2.95. The highest BCUT2D eigenvalue weighted by Gasteiger charge is 2.20. The van der Waals surface area contributed by atoms with E-state index < -0.39 is 16.0 Å². The molecular weight excluding hydrogens is 356 g/mol. The van der Waals surface area contributed by atoms with Crippen molar-refractivity contribution in [2.24, 2.45) is 0 Å². The number of ether oxygens (including phenoxy) is 1. The maximum atomic E-state index is 12.5. The third kappa shape index (κ3) is 3.31. The molecule has 3 aromatic rings. The molecule has 0 saturated carbocycles. The fourth-order valence-electron chi connectivity index (χ4n) is 2.46. The molecule has 0 amide bonds. The maximum Gasteiger partial charge on any atom is 0.344 e. The van der Waals surface area contributed by atoms with E-state index in [4.69, 9.17) is 4.74 Å². The van der Waals surface area contributed by atoms with Crippen LogP contribution in [-0.4, -0.2) is 47.4 Å². The van der Waals surface area contributed by atoms with Crippen LogP contribution in [0.25, 0.3) is 5.65 Å². The van der Waals surface area contributed by atoms with Crippen LogP contribution in [0, 0.1) is 6.92 Å². The van der Waals surface area contributed by atoms with Crippen molar-refractivity contribution in [2.75, 3.05) is 14.1 Å². The zero-order valence-corrected chi connectivity index (χ0v) is 15.4. The molecule has 0 saturated heterocycles. The normalized spacial score (nSPS) is 11.8. The van der Waals surface area contributed by atoms with Crippen LogP contribution in [0.15, 0.2) is 47.6 Å². The standard InChI is InChI=1S/C17H18N4O4S/c1-12-15(16-18-8-5-9-21(16)19-12)17(22)25-11-13-6-4-7-14(10-13)26(23,24)20(2)3/h4-10H,11H2,1-3H3. The van der Waals surface area contributed by atoms with Crippen molar-refractivity contribution < 1.29 is 17.9 Å². The summed E-state index contributed by atoms with van der Waals surface area (Å²) < 4.78 is 32.4. The van der Waals surface area contributed by atoms with Gasteiger partial charge in [0.05, 0.1) is 10.6 Å². The number of fused-ring (bicyclic) bond motifs is 1. The first-order chi connectivity index (χ1) is 12.3. The summed E-state index contributed by atoms with van der Waals surface area (Å²) in [5.41, 5.74) is 1.79. The van der Waals surface area contributed by atoms with Crippen molar-refractivity contribution in [1.29, 1.82) is 0 Å². The molecule has 0 atom stereocenters. The predicted molar refractivity (Wildman–Crippen MR) is 94.2 cm³/mol. The van der Waals surface area contributed by atoms with E-state index in [9.17, 15) is 13.2 Å². The first-order valence-electron chi connectivity index (χ1n) is 7.79. The van der Waals surface area contributed by atoms with Gasteiger partial charge in [0.25, 0.3) is 0 Å². The Morgan fingerprint density at radius 3 is 2.77 bits per heavy atom. The molecule has 0 fully saturated rings. The van der Waals surface area contributed by atoms with Crippen molar-refractivity contribution in [3.63, 3.8) is 0 Å². The van der Waals surface area contributed by atoms with Crippen molar-refractivity contribution in [3.05, 3.63) is 59.5 Å². The fraction of sp³-hybridized carbons (Fsp3) is 0.235. The molecule has 0 aliphatic carbocycles. The molecule has 0 bridgehead atoms. The molecule has 2 aromatic heterocycles. The zero-order valence-electron chi connectivity index (χ0n) is 14.6. The first-order valence-corrected chi connectivity index (χ1v) is 9.23. The topological polar surface area (TPSA) is 93.9 Å². The molecule has 1 aromatic carbocycles. The number of carbonyl (C=O) groups is 1. The highest BCUT2D eigenvalue weighted by Crippen LogP contribution is 2.18. The van der Waals surface area contributed by atoms with E-state index in [0.717, 1.165) is 4.31 Å². The van der Waals surface area contributed by atoms with Gasteiger partial charge >= 0.3 is 5.97 Å². The van der Waals surface area contributed by atoms with Gasteiger partial charge in [-0.15, -0.1) is 0 Å². The number of benzene rings is 1. The van der Waals surface area contributed by atoms with Gasteiger partial charge in [0.1, 0.15) is 12.2 Å². The first kappa shape index (κ1) is 18.0. The van der Waals surface area contributed by atoms with Crippen LogP contribution in [-0.2, 0) is 21.4 Å². The van der Waals surface area contributed by atoms with E-state index >= 15 is 0 Å². The van der Waals surface area contributed by atoms with Gasteiger partial charge in [-0.1, -0.05) is 12.1 Å². The summed E-state index contributed by atoms with van der Waals surface area (Å²) in [6.45, 7) is 1.65. The second-order valence-electron chi connectivity index (χ2n) is 5.86. The number of hydrogen-bond donors (Lipinski definition) is 0. The lowest BCUT2D eigenvalue weighted by Gasteiger charge is -2.12. The smallest absolute Gasteiger partial charge is 0.344 e. The summed E-state index contributed by atoms with van der Waals surface area (Å²) in [7, 11) is -0.625. The Balaban J connectivity index is 1.81. The summed E-state index contributed by atoms with van der Waals surface area (Å²) in [5.74, 6) is -0.558. The molecule has 0 N–H and O–H groups in total. The molecule has 0 radical (unpaired) electrons. The van der Waals surface area contributed by atoms with Gasteiger partial charge in [-0.2, -0.15) is 5.10 Å². The minimum atomic E-state index is -3.55. The van der Waals surface area contributed by atoms with Crippen molar-refractivity contribution in [3.8, 4) is 0 Å². The van der Waals surface area contributed by atoms with Gasteiger partial charge in [0.15, 0.2) is 5.65 Å². The summed E-state index contributed by atoms with van der Waals surface area (Å²) in [5, 5.41) is 4.22. The van der Waals surface area contributed by atoms with E-state index in [1.54, 1.807) is 37.5 Å². The number of hydrogen-bond acceptors (Lipinski definition) is 6. The van der Waals surface area contributed by atoms with Crippen LogP contribution in [0.2, 0.25) is 0 Å². The second-order valence-corrected chi connectivity index (χ2v) is 8.01. The summed E-state index contributed by atoms with van der Waals surface area (Å²) in [6.07, 6.45) is 3.27. The number of rotatable bonds is 5. The van der Waals surface area contributed by atoms with Gasteiger partial charge in [-0.3, -0.25) is 0 Å². The predicted octanol–water partition coefficient (Wildman–Crippen LogP) is 1.65. The molecular formula is C17H18N4O4S. The number of nitrogens with zero attached hydrogens (tertiary/aromatic N) is 4. The molecule has 0 aliphatic heterocycles. The van der Waals surface area contributed by atoms with Gasteiger partial charge in [-0.05, 0) is 30.7 Å². The highest BCUT2D eigenvalue weighted by molar-refractivity contribution is 7.89. The molecule has 26 heavy (non-hydrogen) atoms. The van der Waals surface area contributed by atoms with E-state index in [2.05, 4.69) is 10.1 Å². The molecule has 0 unspecified atom stereocenters. The van der Waals surface area contributed by atoms with Gasteiger partial charge in [0.2, 0.25) is 10.0 Å². The van der Waals surface area contributed by atoms with E-state index in [-0.39, 0.29) is 11.5 Å². The number of sulfonamides is 1. The van der Waals surface area contributed by atoms with Gasteiger partial charge in [0, 0.05) is 26.5 Å². The Kier molecular flexibility index (Phi) is 4.75. The molecule has 0 aliphatic rings. The molecule has 8 nitrogen and oxygen atoms in total. The highest BCUT2D eigenvalue weighted by atomic mass is 32.2. The van der Waals surface area contributed by atoms with Crippen LogP contribution >= 0.6 is 0 Å². The van der Waals surface area contributed by atoms with Crippen molar-refractivity contribution in [2.45, 2.75) is 18.4 Å². The van der Waals surface area contributed by atoms with Crippen molar-refractivity contribution in [1.82, 2.24) is 18.9 Å². The summed E-state index contributed by atoms with van der Waals surface area (Å²) >= 11 is 0. The Labute approximate surface area is 151 Å².